The van der Waals surface area contributed by atoms with E-state index in [0.29, 0.717) is 10.6 Å². The van der Waals surface area contributed by atoms with E-state index < -0.39 is 6.04 Å². The summed E-state index contributed by atoms with van der Waals surface area (Å²) in [5.41, 5.74) is 0.702. The first-order chi connectivity index (χ1) is 6.11. The summed E-state index contributed by atoms with van der Waals surface area (Å²) >= 11 is 5.82. The van der Waals surface area contributed by atoms with Gasteiger partial charge in [0.25, 0.3) is 0 Å². The van der Waals surface area contributed by atoms with Gasteiger partial charge in [-0.3, -0.25) is 10.1 Å². The molecule has 0 spiro atoms. The minimum Gasteiger partial charge on any atom is -0.264 e. The number of benzene rings is 1. The molecule has 0 saturated heterocycles. The highest BCUT2D eigenvalue weighted by Crippen LogP contribution is 2.18. The Hall–Kier alpha value is -1.09. The standard InChI is InChI=1S/C9H9ClNO2/c1-7(11(12)13)6-8-4-2-3-5-9(8)10/h2-7H,1H3. The number of rotatable bonds is 3. The van der Waals surface area contributed by atoms with Crippen LogP contribution in [0.4, 0.5) is 0 Å². The highest BCUT2D eigenvalue weighted by atomic mass is 35.5. The summed E-state index contributed by atoms with van der Waals surface area (Å²) < 4.78 is 0. The zero-order valence-corrected chi connectivity index (χ0v) is 7.86. The molecular weight excluding hydrogens is 190 g/mol. The first kappa shape index (κ1) is 9.99. The Morgan fingerprint density at radius 2 is 2.15 bits per heavy atom. The van der Waals surface area contributed by atoms with Crippen molar-refractivity contribution in [1.29, 1.82) is 0 Å². The van der Waals surface area contributed by atoms with Gasteiger partial charge in [-0.1, -0.05) is 29.8 Å². The summed E-state index contributed by atoms with van der Waals surface area (Å²) in [5.74, 6) is 0. The molecular formula is C9H9ClNO2. The topological polar surface area (TPSA) is 43.1 Å². The number of nitro groups is 1. The Labute approximate surface area is 81.5 Å². The van der Waals surface area contributed by atoms with E-state index in [4.69, 9.17) is 11.6 Å². The molecule has 69 valence electrons. The molecule has 0 bridgehead atoms. The maximum absolute atomic E-state index is 10.3. The van der Waals surface area contributed by atoms with Gasteiger partial charge in [0.1, 0.15) is 0 Å². The van der Waals surface area contributed by atoms with Gasteiger partial charge in [-0.2, -0.15) is 0 Å². The molecule has 0 aliphatic heterocycles. The van der Waals surface area contributed by atoms with Gasteiger partial charge in [-0.15, -0.1) is 0 Å². The van der Waals surface area contributed by atoms with Crippen LogP contribution in [0.5, 0.6) is 0 Å². The molecule has 0 aliphatic carbocycles. The van der Waals surface area contributed by atoms with Crippen LogP contribution < -0.4 is 0 Å². The van der Waals surface area contributed by atoms with Crippen LogP contribution in [0.3, 0.4) is 0 Å². The van der Waals surface area contributed by atoms with Crippen LogP contribution in [-0.2, 0) is 0 Å². The highest BCUT2D eigenvalue weighted by Gasteiger charge is 2.15. The minimum atomic E-state index is -0.708. The Morgan fingerprint density at radius 3 is 2.69 bits per heavy atom. The largest absolute Gasteiger partial charge is 0.264 e. The van der Waals surface area contributed by atoms with Crippen molar-refractivity contribution in [2.24, 2.45) is 0 Å². The molecule has 13 heavy (non-hydrogen) atoms. The summed E-state index contributed by atoms with van der Waals surface area (Å²) in [6.07, 6.45) is 1.53. The third-order valence-corrected chi connectivity index (χ3v) is 2.00. The summed E-state index contributed by atoms with van der Waals surface area (Å²) in [6, 6.07) is 6.34. The quantitative estimate of drug-likeness (QED) is 0.553. The van der Waals surface area contributed by atoms with Gasteiger partial charge < -0.3 is 0 Å². The van der Waals surface area contributed by atoms with Gasteiger partial charge in [-0.25, -0.2) is 0 Å². The molecule has 0 amide bonds. The van der Waals surface area contributed by atoms with E-state index in [1.807, 2.05) is 0 Å². The molecule has 1 aromatic rings. The van der Waals surface area contributed by atoms with E-state index in [0.717, 1.165) is 0 Å². The van der Waals surface area contributed by atoms with Gasteiger partial charge in [-0.05, 0) is 11.6 Å². The van der Waals surface area contributed by atoms with E-state index in [1.165, 1.54) is 13.3 Å². The lowest BCUT2D eigenvalue weighted by molar-refractivity contribution is -0.508. The van der Waals surface area contributed by atoms with Crippen LogP contribution in [0.25, 0.3) is 0 Å². The molecule has 1 radical (unpaired) electrons. The van der Waals surface area contributed by atoms with E-state index in [1.54, 1.807) is 24.3 Å². The minimum absolute atomic E-state index is 0.358. The number of hydrogen-bond donors (Lipinski definition) is 0. The van der Waals surface area contributed by atoms with Crippen molar-refractivity contribution >= 4 is 11.6 Å². The maximum Gasteiger partial charge on any atom is 0.218 e. The van der Waals surface area contributed by atoms with Crippen molar-refractivity contribution in [1.82, 2.24) is 0 Å². The fourth-order valence-electron chi connectivity index (χ4n) is 0.931. The Morgan fingerprint density at radius 1 is 1.54 bits per heavy atom. The third-order valence-electron chi connectivity index (χ3n) is 1.66. The van der Waals surface area contributed by atoms with Crippen molar-refractivity contribution in [2.45, 2.75) is 13.0 Å². The molecule has 1 atom stereocenters. The second kappa shape index (κ2) is 4.23. The van der Waals surface area contributed by atoms with E-state index in [2.05, 4.69) is 0 Å². The second-order valence-electron chi connectivity index (χ2n) is 2.71. The summed E-state index contributed by atoms with van der Waals surface area (Å²) in [6.45, 7) is 1.52. The zero-order chi connectivity index (χ0) is 9.84. The highest BCUT2D eigenvalue weighted by molar-refractivity contribution is 6.31. The predicted octanol–water partition coefficient (Wildman–Crippen LogP) is 2.56. The number of hydrogen-bond acceptors (Lipinski definition) is 2. The average molecular weight is 199 g/mol. The predicted molar refractivity (Wildman–Crippen MR) is 51.3 cm³/mol. The molecule has 0 aliphatic rings. The van der Waals surface area contributed by atoms with E-state index in [-0.39, 0.29) is 4.92 Å². The molecule has 0 fully saturated rings. The van der Waals surface area contributed by atoms with Gasteiger partial charge in [0.15, 0.2) is 0 Å². The average Bonchev–Trinajstić information content (AvgIpc) is 2.08. The van der Waals surface area contributed by atoms with Crippen LogP contribution in [-0.4, -0.2) is 11.0 Å². The lowest BCUT2D eigenvalue weighted by atomic mass is 10.1. The van der Waals surface area contributed by atoms with Crippen LogP contribution >= 0.6 is 11.6 Å². The fraction of sp³-hybridized carbons (Fsp3) is 0.222. The van der Waals surface area contributed by atoms with Crippen molar-refractivity contribution in [3.05, 3.63) is 51.4 Å². The fourth-order valence-corrected chi connectivity index (χ4v) is 1.13. The Bertz CT molecular complexity index is 314. The summed E-state index contributed by atoms with van der Waals surface area (Å²) in [5, 5.41) is 10.9. The van der Waals surface area contributed by atoms with Gasteiger partial charge >= 0.3 is 0 Å². The summed E-state index contributed by atoms with van der Waals surface area (Å²) in [7, 11) is 0. The Balaban J connectivity index is 2.74. The van der Waals surface area contributed by atoms with E-state index >= 15 is 0 Å². The van der Waals surface area contributed by atoms with Crippen LogP contribution in [0.2, 0.25) is 5.02 Å². The molecule has 3 nitrogen and oxygen atoms in total. The van der Waals surface area contributed by atoms with Crippen molar-refractivity contribution in [2.75, 3.05) is 0 Å². The van der Waals surface area contributed by atoms with Crippen molar-refractivity contribution in [3.63, 3.8) is 0 Å². The number of halogens is 1. The zero-order valence-electron chi connectivity index (χ0n) is 7.11. The lowest BCUT2D eigenvalue weighted by Gasteiger charge is -2.04. The molecule has 1 rings (SSSR count). The maximum atomic E-state index is 10.3. The molecule has 0 saturated carbocycles. The lowest BCUT2D eigenvalue weighted by Crippen LogP contribution is -2.15. The third kappa shape index (κ3) is 2.70. The molecule has 1 aromatic carbocycles. The molecule has 1 unspecified atom stereocenters. The first-order valence-electron chi connectivity index (χ1n) is 3.84. The van der Waals surface area contributed by atoms with Crippen LogP contribution in [0.1, 0.15) is 12.5 Å². The smallest absolute Gasteiger partial charge is 0.218 e. The normalized spacial score (nSPS) is 12.5. The number of nitrogens with zero attached hydrogens (tertiary/aromatic N) is 1. The first-order valence-corrected chi connectivity index (χ1v) is 4.22. The SMILES string of the molecule is CC([CH]c1ccccc1Cl)[N+](=O)[O-]. The van der Waals surface area contributed by atoms with Crippen LogP contribution in [0, 0.1) is 16.5 Å². The molecule has 0 heterocycles. The van der Waals surface area contributed by atoms with Crippen molar-refractivity contribution in [3.8, 4) is 0 Å². The van der Waals surface area contributed by atoms with Gasteiger partial charge in [0.05, 0.1) is 6.42 Å². The van der Waals surface area contributed by atoms with E-state index in [9.17, 15) is 10.1 Å². The Kier molecular flexibility index (Phi) is 3.25. The summed E-state index contributed by atoms with van der Waals surface area (Å²) in [4.78, 5) is 9.99. The second-order valence-corrected chi connectivity index (χ2v) is 3.12. The molecule has 0 aromatic heterocycles. The van der Waals surface area contributed by atoms with Crippen molar-refractivity contribution < 1.29 is 4.92 Å². The van der Waals surface area contributed by atoms with Gasteiger partial charge in [0.2, 0.25) is 6.04 Å². The molecule has 0 N–H and O–H groups in total. The van der Waals surface area contributed by atoms with Gasteiger partial charge in [0, 0.05) is 16.9 Å². The molecule has 4 heteroatoms. The monoisotopic (exact) mass is 198 g/mol. The van der Waals surface area contributed by atoms with Crippen LogP contribution in [0.15, 0.2) is 24.3 Å².